The zero-order chi connectivity index (χ0) is 23.7. The molecule has 2 aliphatic heterocycles. The number of rotatable bonds is 5. The summed E-state index contributed by atoms with van der Waals surface area (Å²) in [4.78, 5) is 27.9. The fourth-order valence-electron chi connectivity index (χ4n) is 4.62. The molecule has 2 aromatic heterocycles. The Morgan fingerprint density at radius 3 is 2.82 bits per heavy atom. The molecule has 0 radical (unpaired) electrons. The number of amides is 1. The standard InChI is InChI=1S/C24H25FN6O2S/c1-15-19(25)21(33-2)29-22(27-15)31-12-18-13-34-23(28-20(32)16-7-4-3-5-8-16)30-24(18,14-31)17-9-6-10-26-11-17/h3-11,18,23,30H,12-14H2,1-2H3,(H,28,32)/t18-,23?,24+/m0/s1. The highest BCUT2D eigenvalue weighted by molar-refractivity contribution is 7.99. The minimum absolute atomic E-state index is 0.0665. The first-order valence-corrected chi connectivity index (χ1v) is 12.0. The molecule has 3 aromatic rings. The predicted octanol–water partition coefficient (Wildman–Crippen LogP) is 2.71. The van der Waals surface area contributed by atoms with Crippen LogP contribution in [-0.2, 0) is 5.54 Å². The van der Waals surface area contributed by atoms with Crippen molar-refractivity contribution >= 4 is 23.6 Å². The van der Waals surface area contributed by atoms with Gasteiger partial charge in [-0.1, -0.05) is 24.3 Å². The lowest BCUT2D eigenvalue weighted by Gasteiger charge is -2.43. The van der Waals surface area contributed by atoms with Gasteiger partial charge in [0, 0.05) is 42.7 Å². The van der Waals surface area contributed by atoms with Crippen molar-refractivity contribution in [2.45, 2.75) is 18.0 Å². The van der Waals surface area contributed by atoms with E-state index in [0.29, 0.717) is 24.6 Å². The number of methoxy groups -OCH3 is 1. The van der Waals surface area contributed by atoms with Gasteiger partial charge < -0.3 is 15.0 Å². The van der Waals surface area contributed by atoms with Crippen molar-refractivity contribution in [2.24, 2.45) is 5.92 Å². The number of ether oxygens (including phenoxy) is 1. The van der Waals surface area contributed by atoms with Gasteiger partial charge in [-0.25, -0.2) is 4.98 Å². The highest BCUT2D eigenvalue weighted by Gasteiger charge is 2.52. The van der Waals surface area contributed by atoms with Crippen molar-refractivity contribution < 1.29 is 13.9 Å². The van der Waals surface area contributed by atoms with Crippen molar-refractivity contribution in [1.82, 2.24) is 25.6 Å². The second-order valence-electron chi connectivity index (χ2n) is 8.42. The van der Waals surface area contributed by atoms with E-state index in [-0.39, 0.29) is 28.9 Å². The molecule has 34 heavy (non-hydrogen) atoms. The number of benzene rings is 1. The quantitative estimate of drug-likeness (QED) is 0.576. The predicted molar refractivity (Wildman–Crippen MR) is 128 cm³/mol. The molecule has 0 bridgehead atoms. The Labute approximate surface area is 201 Å². The third kappa shape index (κ3) is 4.07. The van der Waals surface area contributed by atoms with Gasteiger partial charge in [-0.15, -0.1) is 11.8 Å². The van der Waals surface area contributed by atoms with Crippen LogP contribution < -0.4 is 20.3 Å². The van der Waals surface area contributed by atoms with Crippen LogP contribution in [0.1, 0.15) is 21.6 Å². The number of nitrogens with one attached hydrogen (secondary N) is 2. The monoisotopic (exact) mass is 480 g/mol. The Balaban J connectivity index is 1.45. The van der Waals surface area contributed by atoms with Gasteiger partial charge in [0.25, 0.3) is 11.8 Å². The lowest BCUT2D eigenvalue weighted by Crippen LogP contribution is -2.61. The molecule has 0 saturated carbocycles. The van der Waals surface area contributed by atoms with E-state index in [1.807, 2.05) is 41.4 Å². The highest BCUT2D eigenvalue weighted by atomic mass is 32.2. The van der Waals surface area contributed by atoms with Crippen LogP contribution in [-0.4, -0.2) is 52.3 Å². The molecule has 2 saturated heterocycles. The zero-order valence-corrected chi connectivity index (χ0v) is 19.7. The number of halogens is 1. The molecule has 10 heteroatoms. The third-order valence-corrected chi connectivity index (χ3v) is 7.52. The number of hydrogen-bond acceptors (Lipinski definition) is 8. The lowest BCUT2D eigenvalue weighted by molar-refractivity contribution is 0.0933. The van der Waals surface area contributed by atoms with Crippen LogP contribution in [0, 0.1) is 18.7 Å². The van der Waals surface area contributed by atoms with E-state index in [1.165, 1.54) is 7.11 Å². The molecule has 2 fully saturated rings. The molecule has 8 nitrogen and oxygen atoms in total. The number of pyridine rings is 1. The SMILES string of the molecule is COc1nc(N2C[C@H]3CSC(NC(=O)c4ccccc4)N[C@@]3(c3cccnc3)C2)nc(C)c1F. The van der Waals surface area contributed by atoms with Gasteiger partial charge in [0.05, 0.1) is 18.3 Å². The van der Waals surface area contributed by atoms with E-state index in [2.05, 4.69) is 25.6 Å². The largest absolute Gasteiger partial charge is 0.479 e. The number of nitrogens with zero attached hydrogens (tertiary/aromatic N) is 4. The average Bonchev–Trinajstić information content (AvgIpc) is 3.27. The summed E-state index contributed by atoms with van der Waals surface area (Å²) in [5.41, 5.74) is 1.08. The van der Waals surface area contributed by atoms with Crippen LogP contribution >= 0.6 is 11.8 Å². The van der Waals surface area contributed by atoms with Crippen LogP contribution in [0.5, 0.6) is 5.88 Å². The van der Waals surface area contributed by atoms with E-state index in [0.717, 1.165) is 11.3 Å². The molecule has 2 aliphatic rings. The molecule has 1 aromatic carbocycles. The Kier molecular flexibility index (Phi) is 6.09. The Morgan fingerprint density at radius 1 is 1.26 bits per heavy atom. The summed E-state index contributed by atoms with van der Waals surface area (Å²) in [5.74, 6) is 0.652. The molecule has 176 valence electrons. The topological polar surface area (TPSA) is 92.3 Å². The van der Waals surface area contributed by atoms with Crippen molar-refractivity contribution in [3.63, 3.8) is 0 Å². The van der Waals surface area contributed by atoms with E-state index < -0.39 is 11.4 Å². The van der Waals surface area contributed by atoms with E-state index in [4.69, 9.17) is 4.74 Å². The molecule has 0 aliphatic carbocycles. The first-order chi connectivity index (χ1) is 16.5. The maximum Gasteiger partial charge on any atom is 0.255 e. The van der Waals surface area contributed by atoms with Crippen LogP contribution in [0.25, 0.3) is 0 Å². The van der Waals surface area contributed by atoms with Gasteiger partial charge in [0.15, 0.2) is 0 Å². The van der Waals surface area contributed by atoms with Crippen molar-refractivity contribution in [2.75, 3.05) is 30.9 Å². The van der Waals surface area contributed by atoms with Crippen LogP contribution in [0.4, 0.5) is 10.3 Å². The number of anilines is 1. The summed E-state index contributed by atoms with van der Waals surface area (Å²) >= 11 is 1.65. The molecule has 0 spiro atoms. The number of carbonyl (C=O) groups excluding carboxylic acids is 1. The molecule has 3 atom stereocenters. The van der Waals surface area contributed by atoms with Crippen molar-refractivity contribution in [1.29, 1.82) is 0 Å². The maximum atomic E-state index is 14.3. The molecular formula is C24H25FN6O2S. The van der Waals surface area contributed by atoms with Crippen molar-refractivity contribution in [3.8, 4) is 5.88 Å². The Bertz CT molecular complexity index is 1180. The zero-order valence-electron chi connectivity index (χ0n) is 18.9. The summed E-state index contributed by atoms with van der Waals surface area (Å²) in [6, 6.07) is 13.1. The van der Waals surface area contributed by atoms with Gasteiger partial charge in [0.2, 0.25) is 11.8 Å². The van der Waals surface area contributed by atoms with Gasteiger partial charge in [0.1, 0.15) is 5.50 Å². The number of carbonyl (C=O) groups is 1. The summed E-state index contributed by atoms with van der Waals surface area (Å²) in [6.07, 6.45) is 3.60. The Hall–Kier alpha value is -3.24. The van der Waals surface area contributed by atoms with Crippen molar-refractivity contribution in [3.05, 3.63) is 77.5 Å². The molecule has 4 heterocycles. The first kappa shape index (κ1) is 22.5. The number of aryl methyl sites for hydroxylation is 1. The number of thioether (sulfide) groups is 1. The van der Waals surface area contributed by atoms with E-state index in [9.17, 15) is 9.18 Å². The first-order valence-electron chi connectivity index (χ1n) is 11.0. The lowest BCUT2D eigenvalue weighted by atomic mass is 9.82. The van der Waals surface area contributed by atoms with Gasteiger partial charge in [-0.05, 0) is 30.7 Å². The fourth-order valence-corrected chi connectivity index (χ4v) is 5.92. The molecule has 1 amide bonds. The number of aromatic nitrogens is 3. The maximum absolute atomic E-state index is 14.3. The summed E-state index contributed by atoms with van der Waals surface area (Å²) < 4.78 is 19.4. The van der Waals surface area contributed by atoms with Crippen LogP contribution in [0.15, 0.2) is 54.9 Å². The molecule has 5 rings (SSSR count). The minimum Gasteiger partial charge on any atom is -0.479 e. The summed E-state index contributed by atoms with van der Waals surface area (Å²) in [7, 11) is 1.40. The number of fused-ring (bicyclic) bond motifs is 1. The summed E-state index contributed by atoms with van der Waals surface area (Å²) in [5, 5.41) is 6.79. The molecule has 1 unspecified atom stereocenters. The number of hydrogen-bond donors (Lipinski definition) is 2. The minimum atomic E-state index is -0.554. The fraction of sp³-hybridized carbons (Fsp3) is 0.333. The van der Waals surface area contributed by atoms with Crippen LogP contribution in [0.2, 0.25) is 0 Å². The third-order valence-electron chi connectivity index (χ3n) is 6.36. The Morgan fingerprint density at radius 2 is 2.09 bits per heavy atom. The normalized spacial score (nSPS) is 23.9. The van der Waals surface area contributed by atoms with E-state index >= 15 is 0 Å². The smallest absolute Gasteiger partial charge is 0.255 e. The highest BCUT2D eigenvalue weighted by Crippen LogP contribution is 2.44. The summed E-state index contributed by atoms with van der Waals surface area (Å²) in [6.45, 7) is 2.81. The second kappa shape index (κ2) is 9.19. The van der Waals surface area contributed by atoms with E-state index in [1.54, 1.807) is 37.0 Å². The van der Waals surface area contributed by atoms with Gasteiger partial charge in [-0.2, -0.15) is 9.37 Å². The molecule has 2 N–H and O–H groups in total. The van der Waals surface area contributed by atoms with Gasteiger partial charge >= 0.3 is 0 Å². The van der Waals surface area contributed by atoms with Crippen LogP contribution in [0.3, 0.4) is 0 Å². The average molecular weight is 481 g/mol. The van der Waals surface area contributed by atoms with Gasteiger partial charge in [-0.3, -0.25) is 15.1 Å². The molecular weight excluding hydrogens is 455 g/mol. The second-order valence-corrected chi connectivity index (χ2v) is 9.56.